The fraction of sp³-hybridized carbons (Fsp3) is 0.515. The van der Waals surface area contributed by atoms with Crippen LogP contribution in [0.5, 0.6) is 0 Å². The number of hydrogen-bond donors (Lipinski definition) is 1. The molecule has 0 radical (unpaired) electrons. The van der Waals surface area contributed by atoms with Gasteiger partial charge in [0.25, 0.3) is 0 Å². The van der Waals surface area contributed by atoms with E-state index in [-0.39, 0.29) is 5.41 Å². The van der Waals surface area contributed by atoms with Gasteiger partial charge in [-0.25, -0.2) is 13.8 Å². The summed E-state index contributed by atoms with van der Waals surface area (Å²) in [6.45, 7) is 12.7. The minimum atomic E-state index is -0.743. The zero-order valence-electron chi connectivity index (χ0n) is 24.4. The maximum absolute atomic E-state index is 14.1. The number of likely N-dealkylation sites (tertiary alicyclic amines) is 2. The highest BCUT2D eigenvalue weighted by Gasteiger charge is 2.44. The summed E-state index contributed by atoms with van der Waals surface area (Å²) in [4.78, 5) is 22.9. The first kappa shape index (κ1) is 29.8. The topological polar surface area (TPSA) is 56.7 Å². The number of carboxylic acids is 1. The van der Waals surface area contributed by atoms with Gasteiger partial charge in [0.05, 0.1) is 5.01 Å². The van der Waals surface area contributed by atoms with E-state index in [2.05, 4.69) is 46.0 Å². The molecule has 2 aromatic carbocycles. The summed E-state index contributed by atoms with van der Waals surface area (Å²) in [5, 5.41) is 11.0. The molecule has 2 aliphatic heterocycles. The highest BCUT2D eigenvalue weighted by atomic mass is 32.1. The van der Waals surface area contributed by atoms with Gasteiger partial charge in [-0.1, -0.05) is 56.7 Å². The minimum Gasteiger partial charge on any atom is -0.480 e. The van der Waals surface area contributed by atoms with E-state index in [4.69, 9.17) is 0 Å². The third-order valence-electron chi connectivity index (χ3n) is 8.77. The molecule has 220 valence electrons. The predicted molar refractivity (Wildman–Crippen MR) is 160 cm³/mol. The van der Waals surface area contributed by atoms with Gasteiger partial charge in [-0.15, -0.1) is 11.3 Å². The van der Waals surface area contributed by atoms with Crippen LogP contribution < -0.4 is 0 Å². The summed E-state index contributed by atoms with van der Waals surface area (Å²) in [7, 11) is 0. The fourth-order valence-electron chi connectivity index (χ4n) is 6.81. The van der Waals surface area contributed by atoms with E-state index in [9.17, 15) is 18.7 Å². The SMILES string of the molecule is Cc1cccc(C2CN(C(C(=O)O)C(C)(C)C)CC2CN2CCC(c3cnc(Cc4ccc(F)cc4F)s3)CC2)c1. The maximum Gasteiger partial charge on any atom is 0.321 e. The molecule has 2 saturated heterocycles. The molecule has 5 nitrogen and oxygen atoms in total. The Hall–Kier alpha value is -2.68. The lowest BCUT2D eigenvalue weighted by atomic mass is 9.85. The maximum atomic E-state index is 14.1. The van der Waals surface area contributed by atoms with Crippen LogP contribution in [0.25, 0.3) is 0 Å². The van der Waals surface area contributed by atoms with E-state index in [1.807, 2.05) is 27.0 Å². The lowest BCUT2D eigenvalue weighted by Crippen LogP contribution is -2.48. The molecule has 0 bridgehead atoms. The van der Waals surface area contributed by atoms with E-state index in [0.717, 1.165) is 56.6 Å². The molecule has 8 heteroatoms. The number of aromatic nitrogens is 1. The molecule has 3 aromatic rings. The first-order chi connectivity index (χ1) is 19.5. The number of carbonyl (C=O) groups is 1. The number of nitrogens with zero attached hydrogens (tertiary/aromatic N) is 3. The molecule has 3 atom stereocenters. The Kier molecular flexibility index (Phi) is 8.92. The standard InChI is InChI=1S/C33H41F2N3O2S/c1-21-6-5-7-23(14-21)27-20-38(31(32(39)40)33(2,3)4)19-25(27)18-37-12-10-22(11-13-37)29-17-36-30(41-29)15-24-8-9-26(34)16-28(24)35/h5-9,14,16-17,22,25,27,31H,10-13,15,18-20H2,1-4H3,(H,39,40). The summed E-state index contributed by atoms with van der Waals surface area (Å²) >= 11 is 1.64. The number of carboxylic acid groups (broad SMARTS) is 1. The molecule has 3 unspecified atom stereocenters. The number of piperidine rings is 1. The zero-order valence-corrected chi connectivity index (χ0v) is 25.3. The average Bonchev–Trinajstić information content (AvgIpc) is 3.52. The van der Waals surface area contributed by atoms with Crippen molar-refractivity contribution in [3.8, 4) is 0 Å². The summed E-state index contributed by atoms with van der Waals surface area (Å²) in [5.74, 6) is -0.745. The number of aryl methyl sites for hydroxylation is 1. The largest absolute Gasteiger partial charge is 0.480 e. The zero-order chi connectivity index (χ0) is 29.3. The van der Waals surface area contributed by atoms with Crippen molar-refractivity contribution in [3.63, 3.8) is 0 Å². The van der Waals surface area contributed by atoms with Crippen LogP contribution in [0.15, 0.2) is 48.7 Å². The quantitative estimate of drug-likeness (QED) is 0.320. The summed E-state index contributed by atoms with van der Waals surface area (Å²) in [5.41, 5.74) is 2.65. The summed E-state index contributed by atoms with van der Waals surface area (Å²) in [6, 6.07) is 11.9. The number of benzene rings is 2. The van der Waals surface area contributed by atoms with Crippen LogP contribution >= 0.6 is 11.3 Å². The van der Waals surface area contributed by atoms with Gasteiger partial charge in [-0.2, -0.15) is 0 Å². The molecular formula is C33H41F2N3O2S. The van der Waals surface area contributed by atoms with Gasteiger partial charge >= 0.3 is 5.97 Å². The van der Waals surface area contributed by atoms with Crippen molar-refractivity contribution < 1.29 is 18.7 Å². The Bertz CT molecular complexity index is 1360. The van der Waals surface area contributed by atoms with Crippen LogP contribution in [0.4, 0.5) is 8.78 Å². The van der Waals surface area contributed by atoms with Gasteiger partial charge in [0.1, 0.15) is 17.7 Å². The molecule has 5 rings (SSSR count). The Balaban J connectivity index is 1.23. The first-order valence-electron chi connectivity index (χ1n) is 14.6. The predicted octanol–water partition coefficient (Wildman–Crippen LogP) is 6.71. The van der Waals surface area contributed by atoms with Crippen molar-refractivity contribution >= 4 is 17.3 Å². The normalized spacial score (nSPS) is 21.8. The van der Waals surface area contributed by atoms with E-state index < -0.39 is 23.6 Å². The number of halogens is 2. The number of thiazole rings is 1. The lowest BCUT2D eigenvalue weighted by Gasteiger charge is -2.35. The van der Waals surface area contributed by atoms with E-state index >= 15 is 0 Å². The van der Waals surface area contributed by atoms with Gasteiger partial charge in [-0.05, 0) is 67.3 Å². The highest BCUT2D eigenvalue weighted by molar-refractivity contribution is 7.11. The van der Waals surface area contributed by atoms with E-state index in [1.54, 1.807) is 11.3 Å². The third kappa shape index (κ3) is 7.04. The molecular weight excluding hydrogens is 540 g/mol. The van der Waals surface area contributed by atoms with Crippen LogP contribution in [0.3, 0.4) is 0 Å². The van der Waals surface area contributed by atoms with Crippen molar-refractivity contribution in [2.24, 2.45) is 11.3 Å². The van der Waals surface area contributed by atoms with Crippen LogP contribution in [-0.4, -0.2) is 64.6 Å². The van der Waals surface area contributed by atoms with Gasteiger partial charge in [0, 0.05) is 49.1 Å². The van der Waals surface area contributed by atoms with Crippen molar-refractivity contribution in [1.29, 1.82) is 0 Å². The molecule has 3 heterocycles. The third-order valence-corrected chi connectivity index (χ3v) is 9.93. The minimum absolute atomic E-state index is 0.299. The van der Waals surface area contributed by atoms with E-state index in [0.29, 0.717) is 29.7 Å². The highest BCUT2D eigenvalue weighted by Crippen LogP contribution is 2.39. The second-order valence-corrected chi connectivity index (χ2v) is 14.1. The average molecular weight is 582 g/mol. The van der Waals surface area contributed by atoms with Gasteiger partial charge in [0.2, 0.25) is 0 Å². The van der Waals surface area contributed by atoms with Crippen LogP contribution in [0, 0.1) is 29.9 Å². The van der Waals surface area contributed by atoms with Crippen LogP contribution in [0.1, 0.15) is 72.0 Å². The smallest absolute Gasteiger partial charge is 0.321 e. The molecule has 41 heavy (non-hydrogen) atoms. The first-order valence-corrected chi connectivity index (χ1v) is 15.4. The Labute approximate surface area is 246 Å². The van der Waals surface area contributed by atoms with Gasteiger partial charge in [0.15, 0.2) is 0 Å². The van der Waals surface area contributed by atoms with Crippen LogP contribution in [-0.2, 0) is 11.2 Å². The van der Waals surface area contributed by atoms with Crippen molar-refractivity contribution in [2.45, 2.75) is 64.8 Å². The summed E-state index contributed by atoms with van der Waals surface area (Å²) in [6.07, 6.45) is 4.39. The monoisotopic (exact) mass is 581 g/mol. The molecule has 0 aliphatic carbocycles. The molecule has 1 aromatic heterocycles. The van der Waals surface area contributed by atoms with Gasteiger partial charge in [-0.3, -0.25) is 9.69 Å². The molecule has 1 N–H and O–H groups in total. The lowest BCUT2D eigenvalue weighted by molar-refractivity contribution is -0.147. The molecule has 0 amide bonds. The van der Waals surface area contributed by atoms with Crippen molar-refractivity contribution in [3.05, 3.63) is 86.9 Å². The Morgan fingerprint density at radius 3 is 2.54 bits per heavy atom. The second-order valence-electron chi connectivity index (χ2n) is 13.0. The fourth-order valence-corrected chi connectivity index (χ4v) is 7.92. The van der Waals surface area contributed by atoms with E-state index in [1.165, 1.54) is 28.1 Å². The molecule has 2 fully saturated rings. The second kappa shape index (κ2) is 12.3. The molecule has 0 saturated carbocycles. The van der Waals surface area contributed by atoms with Crippen molar-refractivity contribution in [1.82, 2.24) is 14.8 Å². The Morgan fingerprint density at radius 1 is 1.12 bits per heavy atom. The Morgan fingerprint density at radius 2 is 1.88 bits per heavy atom. The summed E-state index contributed by atoms with van der Waals surface area (Å²) < 4.78 is 27.4. The number of aliphatic carboxylic acids is 1. The van der Waals surface area contributed by atoms with Gasteiger partial charge < -0.3 is 10.0 Å². The molecule has 0 spiro atoms. The molecule has 2 aliphatic rings. The number of rotatable bonds is 8. The number of hydrogen-bond acceptors (Lipinski definition) is 5. The van der Waals surface area contributed by atoms with Crippen molar-refractivity contribution in [2.75, 3.05) is 32.7 Å². The van der Waals surface area contributed by atoms with Crippen LogP contribution in [0.2, 0.25) is 0 Å².